The second-order valence-corrected chi connectivity index (χ2v) is 11.2. The van der Waals surface area contributed by atoms with Gasteiger partial charge in [0.05, 0.1) is 17.6 Å². The monoisotopic (exact) mass is 430 g/mol. The maximum absolute atomic E-state index is 14.0. The van der Waals surface area contributed by atoms with E-state index in [9.17, 15) is 14.7 Å². The first-order chi connectivity index (χ1) is 14.4. The lowest BCUT2D eigenvalue weighted by Crippen LogP contribution is -2.72. The molecule has 0 aromatic carbocycles. The van der Waals surface area contributed by atoms with E-state index in [-0.39, 0.29) is 47.4 Å². The van der Waals surface area contributed by atoms with Crippen LogP contribution in [0.1, 0.15) is 60.8 Å². The Morgan fingerprint density at radius 3 is 2.61 bits per heavy atom. The molecule has 2 aliphatic carbocycles. The molecule has 5 rings (SSSR count). The molecule has 170 valence electrons. The molecule has 2 saturated heterocycles. The largest absolute Gasteiger partial charge is 0.423 e. The van der Waals surface area contributed by atoms with Gasteiger partial charge in [0.15, 0.2) is 5.79 Å². The van der Waals surface area contributed by atoms with E-state index in [1.165, 1.54) is 6.08 Å². The number of ketones is 1. The summed E-state index contributed by atoms with van der Waals surface area (Å²) >= 11 is 0. The highest BCUT2D eigenvalue weighted by molar-refractivity contribution is 5.89. The molecule has 0 aromatic heterocycles. The first-order valence-corrected chi connectivity index (χ1v) is 11.7. The predicted molar refractivity (Wildman–Crippen MR) is 112 cm³/mol. The molecular weight excluding hydrogens is 396 g/mol. The van der Waals surface area contributed by atoms with Crippen molar-refractivity contribution in [2.75, 3.05) is 0 Å². The van der Waals surface area contributed by atoms with Gasteiger partial charge in [-0.15, -0.1) is 0 Å². The molecule has 0 radical (unpaired) electrons. The van der Waals surface area contributed by atoms with Crippen molar-refractivity contribution in [3.8, 4) is 0 Å². The topological polar surface area (TPSA) is 82.1 Å². The van der Waals surface area contributed by atoms with Crippen LogP contribution in [0.2, 0.25) is 0 Å². The van der Waals surface area contributed by atoms with E-state index in [1.54, 1.807) is 0 Å². The lowest BCUT2D eigenvalue weighted by atomic mass is 9.52. The Kier molecular flexibility index (Phi) is 4.49. The van der Waals surface area contributed by atoms with Crippen LogP contribution in [-0.2, 0) is 23.8 Å². The van der Waals surface area contributed by atoms with Gasteiger partial charge in [-0.1, -0.05) is 27.7 Å². The van der Waals surface area contributed by atoms with Gasteiger partial charge in [0.25, 0.3) is 0 Å². The maximum atomic E-state index is 14.0. The van der Waals surface area contributed by atoms with Crippen LogP contribution < -0.4 is 0 Å². The highest BCUT2D eigenvalue weighted by Gasteiger charge is 2.81. The third-order valence-electron chi connectivity index (χ3n) is 8.65. The number of ether oxygens (including phenoxy) is 3. The molecule has 9 atom stereocenters. The van der Waals surface area contributed by atoms with Crippen LogP contribution in [0.25, 0.3) is 0 Å². The highest BCUT2D eigenvalue weighted by atomic mass is 16.7. The zero-order valence-corrected chi connectivity index (χ0v) is 19.3. The van der Waals surface area contributed by atoms with Crippen molar-refractivity contribution in [2.45, 2.75) is 83.9 Å². The van der Waals surface area contributed by atoms with E-state index in [1.807, 2.05) is 19.9 Å². The number of rotatable bonds is 4. The summed E-state index contributed by atoms with van der Waals surface area (Å²) < 4.78 is 18.7. The molecule has 5 aliphatic rings. The second-order valence-electron chi connectivity index (χ2n) is 11.2. The number of esters is 1. The smallest absolute Gasteiger partial charge is 0.336 e. The molecule has 1 N–H and O–H groups in total. The van der Waals surface area contributed by atoms with Gasteiger partial charge in [0.1, 0.15) is 17.1 Å². The number of hydrogen-bond donors (Lipinski definition) is 1. The number of allylic oxidation sites excluding steroid dienone is 1. The van der Waals surface area contributed by atoms with Crippen LogP contribution in [0, 0.1) is 35.5 Å². The van der Waals surface area contributed by atoms with Crippen LogP contribution >= 0.6 is 0 Å². The molecule has 0 spiro atoms. The summed E-state index contributed by atoms with van der Waals surface area (Å²) in [5.41, 5.74) is -1.57. The predicted octanol–water partition coefficient (Wildman–Crippen LogP) is 3.53. The molecule has 31 heavy (non-hydrogen) atoms. The third kappa shape index (κ3) is 2.61. The molecule has 0 aromatic rings. The molecule has 3 aliphatic heterocycles. The number of carbonyl (C=O) groups is 2. The van der Waals surface area contributed by atoms with Gasteiger partial charge in [0.2, 0.25) is 0 Å². The number of hydrogen-bond acceptors (Lipinski definition) is 6. The zero-order chi connectivity index (χ0) is 22.5. The molecule has 3 heterocycles. The van der Waals surface area contributed by atoms with Crippen molar-refractivity contribution in [3.63, 3.8) is 0 Å². The second kappa shape index (κ2) is 6.52. The Morgan fingerprint density at radius 1 is 1.29 bits per heavy atom. The van der Waals surface area contributed by atoms with Crippen molar-refractivity contribution in [1.29, 1.82) is 0 Å². The average Bonchev–Trinajstić information content (AvgIpc) is 3.21. The number of carbonyl (C=O) groups excluding carboxylic acids is 2. The maximum Gasteiger partial charge on any atom is 0.336 e. The molecule has 0 unspecified atom stereocenters. The van der Waals surface area contributed by atoms with Crippen molar-refractivity contribution < 1.29 is 28.9 Å². The van der Waals surface area contributed by atoms with E-state index < -0.39 is 22.9 Å². The average molecular weight is 431 g/mol. The van der Waals surface area contributed by atoms with Crippen LogP contribution in [0.15, 0.2) is 23.5 Å². The number of Topliss-reactive ketones (excluding diaryl/α,β-unsaturated/α-hetero) is 1. The summed E-state index contributed by atoms with van der Waals surface area (Å²) in [4.78, 5) is 25.6. The molecule has 6 nitrogen and oxygen atoms in total. The lowest BCUT2D eigenvalue weighted by molar-refractivity contribution is -0.369. The van der Waals surface area contributed by atoms with Gasteiger partial charge in [-0.3, -0.25) is 4.79 Å². The van der Waals surface area contributed by atoms with E-state index in [0.717, 1.165) is 12.0 Å². The van der Waals surface area contributed by atoms with E-state index in [0.29, 0.717) is 18.6 Å². The molecule has 0 amide bonds. The fourth-order valence-electron chi connectivity index (χ4n) is 7.60. The van der Waals surface area contributed by atoms with Gasteiger partial charge in [-0.05, 0) is 56.1 Å². The van der Waals surface area contributed by atoms with Crippen LogP contribution in [0.4, 0.5) is 0 Å². The Labute approximate surface area is 184 Å². The fourth-order valence-corrected chi connectivity index (χ4v) is 7.60. The highest BCUT2D eigenvalue weighted by Crippen LogP contribution is 2.69. The van der Waals surface area contributed by atoms with E-state index >= 15 is 0 Å². The van der Waals surface area contributed by atoms with Gasteiger partial charge in [0, 0.05) is 24.3 Å². The minimum atomic E-state index is -1.37. The number of aliphatic hydroxyl groups is 1. The van der Waals surface area contributed by atoms with Crippen molar-refractivity contribution in [2.24, 2.45) is 35.5 Å². The molecule has 2 saturated carbocycles. The summed E-state index contributed by atoms with van der Waals surface area (Å²) in [7, 11) is 0. The quantitative estimate of drug-likeness (QED) is 0.687. The van der Waals surface area contributed by atoms with Crippen molar-refractivity contribution >= 4 is 11.8 Å². The van der Waals surface area contributed by atoms with Gasteiger partial charge >= 0.3 is 5.97 Å². The fraction of sp³-hybridized carbons (Fsp3) is 0.760. The van der Waals surface area contributed by atoms with Gasteiger partial charge in [-0.25, -0.2) is 4.79 Å². The molecule has 2 bridgehead atoms. The van der Waals surface area contributed by atoms with Crippen LogP contribution in [0.3, 0.4) is 0 Å². The Hall–Kier alpha value is -1.50. The minimum Gasteiger partial charge on any atom is -0.423 e. The Balaban J connectivity index is 1.61. The molecule has 4 fully saturated rings. The Morgan fingerprint density at radius 2 is 2.00 bits per heavy atom. The standard InChI is InChI=1S/C25H34O6/c1-12(2)11-24-25(28)15(5)20-17(30-24)9-14(4)19(20)21(27)22(25)23(6,31-24)8-7-16-13(3)10-18(26)29-16/h7,10,12,14-15,17,19-20,22,28H,8-9,11H2,1-6H3/b16-7-/t14-,15+,17-,19+,20-,22-,23+,24+,25+/m0/s1. The lowest BCUT2D eigenvalue weighted by Gasteiger charge is -2.58. The normalized spacial score (nSPS) is 51.6. The van der Waals surface area contributed by atoms with E-state index in [2.05, 4.69) is 27.7 Å². The van der Waals surface area contributed by atoms with Crippen molar-refractivity contribution in [1.82, 2.24) is 0 Å². The first-order valence-electron chi connectivity index (χ1n) is 11.7. The zero-order valence-electron chi connectivity index (χ0n) is 19.3. The van der Waals surface area contributed by atoms with Gasteiger partial charge in [-0.2, -0.15) is 0 Å². The molecule has 6 heteroatoms. The number of cyclic esters (lactones) is 1. The summed E-state index contributed by atoms with van der Waals surface area (Å²) in [6, 6.07) is 0. The minimum absolute atomic E-state index is 0.0364. The SMILES string of the molecule is CC1=CC(=O)O/C1=C\C[C@@]1(C)O[C@@]2(CC(C)C)O[C@H]3C[C@H](C)[C@H]4C(=O)[C@@H]1[C@]2(O)[C@H](C)[C@H]43. The van der Waals surface area contributed by atoms with Crippen molar-refractivity contribution in [3.05, 3.63) is 23.5 Å². The van der Waals surface area contributed by atoms with E-state index in [4.69, 9.17) is 14.2 Å². The summed E-state index contributed by atoms with van der Waals surface area (Å²) in [6.45, 7) is 12.1. The van der Waals surface area contributed by atoms with Crippen LogP contribution in [0.5, 0.6) is 0 Å². The Bertz CT molecular complexity index is 904. The molecular formula is C25H34O6. The third-order valence-corrected chi connectivity index (χ3v) is 8.65. The van der Waals surface area contributed by atoms with Crippen LogP contribution in [-0.4, -0.2) is 40.0 Å². The summed E-state index contributed by atoms with van der Waals surface area (Å²) in [5, 5.41) is 12.3. The van der Waals surface area contributed by atoms with Gasteiger partial charge < -0.3 is 19.3 Å². The first kappa shape index (κ1) is 21.4. The summed E-state index contributed by atoms with van der Waals surface area (Å²) in [5.74, 6) is -1.37. The summed E-state index contributed by atoms with van der Waals surface area (Å²) in [6.07, 6.45) is 4.93.